The van der Waals surface area contributed by atoms with Crippen LogP contribution in [0.3, 0.4) is 0 Å². The molecule has 0 radical (unpaired) electrons. The lowest BCUT2D eigenvalue weighted by molar-refractivity contribution is 0.0503. The molecular weight excluding hydrogens is 773 g/mol. The topological polar surface area (TPSA) is 76.1 Å². The first-order valence-corrected chi connectivity index (χ1v) is 25.2. The molecule has 0 unspecified atom stereocenters. The highest BCUT2D eigenvalue weighted by Gasteiger charge is 2.06. The van der Waals surface area contributed by atoms with Gasteiger partial charge < -0.3 is 15.0 Å². The van der Waals surface area contributed by atoms with Crippen LogP contribution in [0.2, 0.25) is 0 Å². The number of piperidine rings is 1. The molecule has 1 aliphatic carbocycles. The van der Waals surface area contributed by atoms with Crippen LogP contribution in [0.15, 0.2) is 97.7 Å². The highest BCUT2D eigenvalue weighted by atomic mass is 16.5. The molecule has 3 aliphatic rings. The molecule has 7 heteroatoms. The second-order valence-electron chi connectivity index (χ2n) is 13.0. The number of pyridine rings is 2. The van der Waals surface area contributed by atoms with Crippen molar-refractivity contribution in [2.24, 2.45) is 11.8 Å². The average molecular weight is 882 g/mol. The predicted molar refractivity (Wildman–Crippen MR) is 287 cm³/mol. The average Bonchev–Trinajstić information content (AvgIpc) is 3.36. The minimum atomic E-state index is 0.822. The minimum absolute atomic E-state index is 0.822. The van der Waals surface area contributed by atoms with Gasteiger partial charge in [-0.3, -0.25) is 9.97 Å². The van der Waals surface area contributed by atoms with Crippen molar-refractivity contribution in [1.29, 1.82) is 0 Å². The zero-order valence-corrected chi connectivity index (χ0v) is 45.7. The first kappa shape index (κ1) is 73.9. The van der Waals surface area contributed by atoms with Gasteiger partial charge in [-0.15, -0.1) is 0 Å². The Morgan fingerprint density at radius 2 is 0.937 bits per heavy atom. The van der Waals surface area contributed by atoms with E-state index in [1.807, 2.05) is 172 Å². The molecule has 63 heavy (non-hydrogen) atoms. The molecule has 0 spiro atoms. The van der Waals surface area contributed by atoms with Crippen LogP contribution in [-0.2, 0) is 4.74 Å². The number of morpholine rings is 1. The lowest BCUT2D eigenvalue weighted by atomic mass is 9.91. The largest absolute Gasteiger partial charge is 0.379 e. The van der Waals surface area contributed by atoms with Crippen molar-refractivity contribution in [3.63, 3.8) is 0 Å². The van der Waals surface area contributed by atoms with Gasteiger partial charge in [0.2, 0.25) is 0 Å². The maximum absolute atomic E-state index is 5.10. The van der Waals surface area contributed by atoms with Gasteiger partial charge in [0.1, 0.15) is 5.82 Å². The van der Waals surface area contributed by atoms with Crippen molar-refractivity contribution in [3.05, 3.63) is 120 Å². The van der Waals surface area contributed by atoms with Crippen LogP contribution >= 0.6 is 0 Å². The van der Waals surface area contributed by atoms with Gasteiger partial charge in [0.05, 0.1) is 13.2 Å². The van der Waals surface area contributed by atoms with Crippen molar-refractivity contribution in [2.75, 3.05) is 46.4 Å². The van der Waals surface area contributed by atoms with Crippen LogP contribution in [-0.4, -0.2) is 71.3 Å². The second-order valence-corrected chi connectivity index (χ2v) is 13.0. The lowest BCUT2D eigenvalue weighted by Crippen LogP contribution is -2.32. The van der Waals surface area contributed by atoms with E-state index < -0.39 is 0 Å². The van der Waals surface area contributed by atoms with Gasteiger partial charge in [-0.25, -0.2) is 9.97 Å². The highest BCUT2D eigenvalue weighted by molar-refractivity contribution is 5.11. The summed E-state index contributed by atoms with van der Waals surface area (Å²) in [5.74, 6) is 2.83. The molecule has 3 fully saturated rings. The van der Waals surface area contributed by atoms with Crippen LogP contribution < -0.4 is 5.32 Å². The fourth-order valence-corrected chi connectivity index (χ4v) is 4.73. The number of aryl methyl sites for hydroxylation is 4. The Kier molecular flexibility index (Phi) is 82.2. The summed E-state index contributed by atoms with van der Waals surface area (Å²) in [6.07, 6.45) is 19.0. The van der Waals surface area contributed by atoms with Gasteiger partial charge in [0.25, 0.3) is 0 Å². The first-order valence-electron chi connectivity index (χ1n) is 25.2. The number of aromatic nitrogens is 4. The van der Waals surface area contributed by atoms with Crippen molar-refractivity contribution < 1.29 is 4.74 Å². The van der Waals surface area contributed by atoms with E-state index in [1.165, 1.54) is 69.2 Å². The minimum Gasteiger partial charge on any atom is -0.379 e. The number of nitrogens with one attached hydrogen (secondary N) is 1. The molecule has 4 aromatic rings. The zero-order valence-electron chi connectivity index (χ0n) is 45.7. The van der Waals surface area contributed by atoms with Crippen molar-refractivity contribution >= 4 is 0 Å². The van der Waals surface area contributed by atoms with Crippen molar-refractivity contribution in [2.45, 2.75) is 183 Å². The van der Waals surface area contributed by atoms with Gasteiger partial charge in [0, 0.05) is 49.8 Å². The van der Waals surface area contributed by atoms with Crippen LogP contribution in [0, 0.1) is 39.5 Å². The van der Waals surface area contributed by atoms with Gasteiger partial charge in [0.15, 0.2) is 0 Å². The summed E-state index contributed by atoms with van der Waals surface area (Å²) >= 11 is 0. The molecule has 5 heterocycles. The molecule has 1 aromatic carbocycles. The Balaban J connectivity index is -0.000000111. The van der Waals surface area contributed by atoms with E-state index in [-0.39, 0.29) is 0 Å². The van der Waals surface area contributed by atoms with E-state index in [0.29, 0.717) is 0 Å². The first-order chi connectivity index (χ1) is 30.8. The summed E-state index contributed by atoms with van der Waals surface area (Å²) in [4.78, 5) is 17.9. The normalized spacial score (nSPS) is 13.0. The number of rotatable bonds is 0. The molecule has 0 bridgehead atoms. The molecule has 2 aliphatic heterocycles. The number of ether oxygens (including phenoxy) is 1. The predicted octanol–water partition coefficient (Wildman–Crippen LogP) is 16.3. The number of nitrogens with zero attached hydrogens (tertiary/aromatic N) is 5. The van der Waals surface area contributed by atoms with Gasteiger partial charge in [-0.1, -0.05) is 191 Å². The van der Waals surface area contributed by atoms with Crippen LogP contribution in [0.5, 0.6) is 0 Å². The molecule has 0 atom stereocenters. The molecule has 2 saturated heterocycles. The molecule has 1 N–H and O–H groups in total. The number of benzene rings is 1. The number of likely N-dealkylation sites (N-methyl/N-ethyl adjacent to an activating group) is 1. The van der Waals surface area contributed by atoms with Crippen LogP contribution in [0.4, 0.5) is 0 Å². The SMILES string of the molecule is CC.CC.CC.CC.CC.CC.CC.CC1CCCCC1.CC1CCNCC1.CN1CCOCC1.Cc1ccccc1.Cc1ccccn1.Cc1cccnc1.Cc1ncccn1. The second kappa shape index (κ2) is 70.2. The Morgan fingerprint density at radius 1 is 0.492 bits per heavy atom. The van der Waals surface area contributed by atoms with E-state index in [0.717, 1.165) is 49.7 Å². The molecule has 1 saturated carbocycles. The van der Waals surface area contributed by atoms with Crippen LogP contribution in [0.25, 0.3) is 0 Å². The quantitative estimate of drug-likeness (QED) is 0.189. The summed E-state index contributed by atoms with van der Waals surface area (Å²) < 4.78 is 5.10. The molecular formula is C56H108N6O. The van der Waals surface area contributed by atoms with E-state index in [4.69, 9.17) is 4.74 Å². The van der Waals surface area contributed by atoms with Gasteiger partial charge in [-0.2, -0.15) is 0 Å². The van der Waals surface area contributed by atoms with E-state index in [1.54, 1.807) is 30.9 Å². The molecule has 7 nitrogen and oxygen atoms in total. The summed E-state index contributed by atoms with van der Waals surface area (Å²) in [6.45, 7) is 47.1. The third kappa shape index (κ3) is 67.7. The number of hydrogen-bond acceptors (Lipinski definition) is 7. The Hall–Kier alpha value is -3.52. The Morgan fingerprint density at radius 3 is 1.16 bits per heavy atom. The smallest absolute Gasteiger partial charge is 0.125 e. The van der Waals surface area contributed by atoms with E-state index in [2.05, 4.69) is 70.1 Å². The third-order valence-corrected chi connectivity index (χ3v) is 8.01. The lowest BCUT2D eigenvalue weighted by Gasteiger charge is -2.21. The summed E-state index contributed by atoms with van der Waals surface area (Å²) in [6, 6.07) is 21.9. The number of hydrogen-bond donors (Lipinski definition) is 1. The summed E-state index contributed by atoms with van der Waals surface area (Å²) in [5.41, 5.74) is 3.60. The monoisotopic (exact) mass is 881 g/mol. The summed E-state index contributed by atoms with van der Waals surface area (Å²) in [7, 11) is 2.11. The van der Waals surface area contributed by atoms with Crippen molar-refractivity contribution in [1.82, 2.24) is 30.2 Å². The summed E-state index contributed by atoms with van der Waals surface area (Å²) in [5, 5.41) is 3.32. The fraction of sp³-hybridized carbons (Fsp3) is 0.643. The zero-order chi connectivity index (χ0) is 49.8. The maximum Gasteiger partial charge on any atom is 0.125 e. The maximum atomic E-state index is 5.10. The van der Waals surface area contributed by atoms with E-state index >= 15 is 0 Å². The van der Waals surface area contributed by atoms with Crippen LogP contribution in [0.1, 0.15) is 178 Å². The third-order valence-electron chi connectivity index (χ3n) is 8.01. The highest BCUT2D eigenvalue weighted by Crippen LogP contribution is 2.22. The molecule has 7 rings (SSSR count). The van der Waals surface area contributed by atoms with E-state index in [9.17, 15) is 0 Å². The molecule has 368 valence electrons. The fourth-order valence-electron chi connectivity index (χ4n) is 4.73. The molecule has 3 aromatic heterocycles. The molecule has 0 amide bonds. The van der Waals surface area contributed by atoms with Crippen molar-refractivity contribution in [3.8, 4) is 0 Å². The van der Waals surface area contributed by atoms with Gasteiger partial charge in [-0.05, 0) is 102 Å². The Bertz CT molecular complexity index is 1030. The standard InChI is InChI=1S/C7H14.C7H8.C6H13N.2C6H7N.C5H6N2.C5H11NO.7C2H6/c2*1-7-5-3-2-4-6-7;1-6-2-4-7-5-3-6;1-6-3-2-4-7-5-6;1-6-4-2-3-5-7-6;1-5-6-3-2-4-7-5;1-6-2-4-7-5-3-6;7*1-2/h7H,2-6H2,1H3;2-6H,1H3;6-7H,2-5H2,1H3;2*2-5H,1H3;2-4H,1H3;2-5H2,1H3;7*1-2H3. The van der Waals surface area contributed by atoms with Gasteiger partial charge >= 0.3 is 0 Å². The Labute approximate surface area is 395 Å².